The lowest BCUT2D eigenvalue weighted by atomic mass is 10.1. The first-order valence-electron chi connectivity index (χ1n) is 6.39. The average Bonchev–Trinajstić information content (AvgIpc) is 2.35. The van der Waals surface area contributed by atoms with Crippen LogP contribution in [0.4, 0.5) is 0 Å². The zero-order chi connectivity index (χ0) is 12.3. The van der Waals surface area contributed by atoms with Crippen LogP contribution in [0.1, 0.15) is 25.7 Å². The Bertz CT molecular complexity index is 206. The molecule has 17 heavy (non-hydrogen) atoms. The summed E-state index contributed by atoms with van der Waals surface area (Å²) in [6, 6.07) is 0.298. The minimum atomic E-state index is 0.0867. The van der Waals surface area contributed by atoms with E-state index in [1.807, 2.05) is 0 Å². The molecule has 2 N–H and O–H groups in total. The molecule has 0 atom stereocenters. The van der Waals surface area contributed by atoms with E-state index in [4.69, 9.17) is 9.47 Å². The number of carbonyl (C=O) groups is 1. The van der Waals surface area contributed by atoms with Gasteiger partial charge < -0.3 is 20.1 Å². The third-order valence-electron chi connectivity index (χ3n) is 2.82. The molecule has 1 amide bonds. The molecule has 1 rings (SSSR count). The van der Waals surface area contributed by atoms with E-state index in [1.54, 1.807) is 7.11 Å². The summed E-state index contributed by atoms with van der Waals surface area (Å²) in [5.41, 5.74) is 0. The van der Waals surface area contributed by atoms with Gasteiger partial charge in [0.05, 0.1) is 6.54 Å². The van der Waals surface area contributed by atoms with Crippen LogP contribution in [-0.2, 0) is 14.3 Å². The Labute approximate surface area is 103 Å². The molecule has 0 spiro atoms. The highest BCUT2D eigenvalue weighted by molar-refractivity contribution is 5.78. The van der Waals surface area contributed by atoms with E-state index >= 15 is 0 Å². The van der Waals surface area contributed by atoms with Crippen molar-refractivity contribution in [1.29, 1.82) is 0 Å². The minimum Gasteiger partial charge on any atom is -0.385 e. The number of ether oxygens (including phenoxy) is 2. The van der Waals surface area contributed by atoms with Gasteiger partial charge in [0, 0.05) is 33.0 Å². The fraction of sp³-hybridized carbons (Fsp3) is 0.917. The predicted octanol–water partition coefficient (Wildman–Crippen LogP) is 0.298. The fourth-order valence-corrected chi connectivity index (χ4v) is 1.82. The van der Waals surface area contributed by atoms with E-state index in [0.717, 1.165) is 52.0 Å². The Morgan fingerprint density at radius 3 is 2.82 bits per heavy atom. The van der Waals surface area contributed by atoms with Crippen molar-refractivity contribution in [3.05, 3.63) is 0 Å². The van der Waals surface area contributed by atoms with Gasteiger partial charge in [-0.3, -0.25) is 4.79 Å². The quantitative estimate of drug-likeness (QED) is 0.603. The fourth-order valence-electron chi connectivity index (χ4n) is 1.82. The number of unbranched alkanes of at least 4 members (excludes halogenated alkanes) is 1. The monoisotopic (exact) mass is 244 g/mol. The summed E-state index contributed by atoms with van der Waals surface area (Å²) in [6.07, 6.45) is 3.93. The number of methoxy groups -OCH3 is 1. The minimum absolute atomic E-state index is 0.0867. The van der Waals surface area contributed by atoms with Crippen molar-refractivity contribution < 1.29 is 14.3 Å². The first-order valence-corrected chi connectivity index (χ1v) is 6.39. The molecule has 1 aliphatic rings. The molecule has 1 aliphatic heterocycles. The second-order valence-electron chi connectivity index (χ2n) is 4.33. The van der Waals surface area contributed by atoms with Crippen LogP contribution in [0.3, 0.4) is 0 Å². The summed E-state index contributed by atoms with van der Waals surface area (Å²) in [5, 5.41) is 6.15. The van der Waals surface area contributed by atoms with Crippen molar-refractivity contribution in [2.45, 2.75) is 31.7 Å². The number of nitrogens with one attached hydrogen (secondary N) is 2. The normalized spacial score (nSPS) is 17.0. The highest BCUT2D eigenvalue weighted by Crippen LogP contribution is 2.05. The zero-order valence-corrected chi connectivity index (χ0v) is 10.7. The van der Waals surface area contributed by atoms with Gasteiger partial charge in [-0.1, -0.05) is 0 Å². The van der Waals surface area contributed by atoms with Gasteiger partial charge in [-0.05, 0) is 32.2 Å². The molecule has 0 unspecified atom stereocenters. The Morgan fingerprint density at radius 1 is 1.35 bits per heavy atom. The van der Waals surface area contributed by atoms with Gasteiger partial charge in [0.2, 0.25) is 5.91 Å². The largest absolute Gasteiger partial charge is 0.385 e. The Hall–Kier alpha value is -0.650. The van der Waals surface area contributed by atoms with Gasteiger partial charge in [-0.2, -0.15) is 0 Å². The molecule has 0 aromatic heterocycles. The van der Waals surface area contributed by atoms with Crippen molar-refractivity contribution in [2.75, 3.05) is 40.0 Å². The van der Waals surface area contributed by atoms with E-state index in [0.29, 0.717) is 12.6 Å². The van der Waals surface area contributed by atoms with Gasteiger partial charge in [-0.25, -0.2) is 0 Å². The van der Waals surface area contributed by atoms with Crippen LogP contribution < -0.4 is 10.6 Å². The van der Waals surface area contributed by atoms with Crippen LogP contribution in [0.5, 0.6) is 0 Å². The maximum atomic E-state index is 11.6. The second kappa shape index (κ2) is 9.39. The molecule has 5 heteroatoms. The van der Waals surface area contributed by atoms with Crippen molar-refractivity contribution in [1.82, 2.24) is 10.6 Å². The molecular formula is C12H24N2O3. The van der Waals surface area contributed by atoms with Crippen LogP contribution >= 0.6 is 0 Å². The maximum absolute atomic E-state index is 11.6. The van der Waals surface area contributed by atoms with Crippen LogP contribution in [0.2, 0.25) is 0 Å². The van der Waals surface area contributed by atoms with Crippen LogP contribution in [0.25, 0.3) is 0 Å². The number of hydrogen-bond acceptors (Lipinski definition) is 4. The lowest BCUT2D eigenvalue weighted by Gasteiger charge is -2.23. The Kier molecular flexibility index (Phi) is 7.96. The number of carbonyl (C=O) groups excluding carboxylic acids is 1. The van der Waals surface area contributed by atoms with Crippen molar-refractivity contribution in [3.63, 3.8) is 0 Å². The van der Waals surface area contributed by atoms with Gasteiger partial charge in [-0.15, -0.1) is 0 Å². The molecule has 0 aromatic rings. The standard InChI is InChI=1S/C12H24N2O3/c1-16-7-3-2-6-13-10-12(15)14-11-4-8-17-9-5-11/h11,13H,2-10H2,1H3,(H,14,15). The molecule has 1 saturated heterocycles. The summed E-state index contributed by atoms with van der Waals surface area (Å²) >= 11 is 0. The molecule has 0 aromatic carbocycles. The Morgan fingerprint density at radius 2 is 2.12 bits per heavy atom. The van der Waals surface area contributed by atoms with Gasteiger partial charge >= 0.3 is 0 Å². The third kappa shape index (κ3) is 7.31. The van der Waals surface area contributed by atoms with E-state index in [2.05, 4.69) is 10.6 Å². The van der Waals surface area contributed by atoms with Gasteiger partial charge in [0.25, 0.3) is 0 Å². The molecular weight excluding hydrogens is 220 g/mol. The van der Waals surface area contributed by atoms with E-state index < -0.39 is 0 Å². The van der Waals surface area contributed by atoms with Gasteiger partial charge in [0.15, 0.2) is 0 Å². The maximum Gasteiger partial charge on any atom is 0.234 e. The topological polar surface area (TPSA) is 59.6 Å². The van der Waals surface area contributed by atoms with Crippen LogP contribution in [0.15, 0.2) is 0 Å². The van der Waals surface area contributed by atoms with E-state index in [-0.39, 0.29) is 5.91 Å². The van der Waals surface area contributed by atoms with Crippen molar-refractivity contribution in [2.24, 2.45) is 0 Å². The number of hydrogen-bond donors (Lipinski definition) is 2. The second-order valence-corrected chi connectivity index (χ2v) is 4.33. The lowest BCUT2D eigenvalue weighted by Crippen LogP contribution is -2.43. The highest BCUT2D eigenvalue weighted by atomic mass is 16.5. The number of rotatable bonds is 8. The molecule has 0 bridgehead atoms. The van der Waals surface area contributed by atoms with Gasteiger partial charge in [0.1, 0.15) is 0 Å². The van der Waals surface area contributed by atoms with E-state index in [9.17, 15) is 4.79 Å². The smallest absolute Gasteiger partial charge is 0.234 e. The molecule has 100 valence electrons. The lowest BCUT2D eigenvalue weighted by molar-refractivity contribution is -0.121. The average molecular weight is 244 g/mol. The third-order valence-corrected chi connectivity index (χ3v) is 2.82. The molecule has 0 saturated carbocycles. The summed E-state index contributed by atoms with van der Waals surface area (Å²) in [5.74, 6) is 0.0867. The Balaban J connectivity index is 1.93. The SMILES string of the molecule is COCCCCNCC(=O)NC1CCOCC1. The highest BCUT2D eigenvalue weighted by Gasteiger charge is 2.15. The first-order chi connectivity index (χ1) is 8.33. The predicted molar refractivity (Wildman–Crippen MR) is 66.0 cm³/mol. The molecule has 0 aliphatic carbocycles. The van der Waals surface area contributed by atoms with Crippen LogP contribution in [-0.4, -0.2) is 52.0 Å². The number of amides is 1. The summed E-state index contributed by atoms with van der Waals surface area (Å²) in [7, 11) is 1.70. The summed E-state index contributed by atoms with van der Waals surface area (Å²) in [6.45, 7) is 3.58. The van der Waals surface area contributed by atoms with Crippen molar-refractivity contribution >= 4 is 5.91 Å². The summed E-state index contributed by atoms with van der Waals surface area (Å²) < 4.78 is 10.2. The first kappa shape index (κ1) is 14.4. The van der Waals surface area contributed by atoms with Crippen molar-refractivity contribution in [3.8, 4) is 0 Å². The van der Waals surface area contributed by atoms with Crippen LogP contribution in [0, 0.1) is 0 Å². The molecule has 1 heterocycles. The molecule has 0 radical (unpaired) electrons. The molecule has 1 fully saturated rings. The zero-order valence-electron chi connectivity index (χ0n) is 10.7. The molecule has 5 nitrogen and oxygen atoms in total. The van der Waals surface area contributed by atoms with E-state index in [1.165, 1.54) is 0 Å². The summed E-state index contributed by atoms with van der Waals surface area (Å²) in [4.78, 5) is 11.6.